The molecule has 2 aromatic heterocycles. The van der Waals surface area contributed by atoms with Gasteiger partial charge in [-0.25, -0.2) is 4.98 Å². The van der Waals surface area contributed by atoms with Crippen LogP contribution in [0.3, 0.4) is 0 Å². The molecule has 0 bridgehead atoms. The Bertz CT molecular complexity index is 818. The molecule has 0 fully saturated rings. The summed E-state index contributed by atoms with van der Waals surface area (Å²) in [7, 11) is 0. The van der Waals surface area contributed by atoms with Crippen LogP contribution in [-0.2, 0) is 6.54 Å². The SMILES string of the molecule is CCCCn1nc(C)c(C(=O)Nc2nc3ccccc3[nH]2)c1Cl. The summed E-state index contributed by atoms with van der Waals surface area (Å²) < 4.78 is 1.67. The highest BCUT2D eigenvalue weighted by molar-refractivity contribution is 6.33. The Morgan fingerprint density at radius 2 is 2.17 bits per heavy atom. The molecule has 7 heteroatoms. The second-order valence-corrected chi connectivity index (χ2v) is 5.74. The molecule has 0 unspecified atom stereocenters. The molecule has 0 aliphatic carbocycles. The van der Waals surface area contributed by atoms with Gasteiger partial charge in [-0.05, 0) is 25.5 Å². The lowest BCUT2D eigenvalue weighted by Crippen LogP contribution is -2.14. The monoisotopic (exact) mass is 331 g/mol. The van der Waals surface area contributed by atoms with Crippen LogP contribution in [0.25, 0.3) is 11.0 Å². The third kappa shape index (κ3) is 3.07. The number of hydrogen-bond acceptors (Lipinski definition) is 3. The number of aromatic amines is 1. The number of carbonyl (C=O) groups excluding carboxylic acids is 1. The summed E-state index contributed by atoms with van der Waals surface area (Å²) in [5.41, 5.74) is 2.66. The molecule has 23 heavy (non-hydrogen) atoms. The third-order valence-electron chi connectivity index (χ3n) is 3.64. The molecule has 0 saturated heterocycles. The summed E-state index contributed by atoms with van der Waals surface area (Å²) in [6, 6.07) is 7.58. The molecule has 120 valence electrons. The first-order valence-electron chi connectivity index (χ1n) is 7.59. The minimum Gasteiger partial charge on any atom is -0.324 e. The quantitative estimate of drug-likeness (QED) is 0.747. The number of benzene rings is 1. The Balaban J connectivity index is 1.84. The fraction of sp³-hybridized carbons (Fsp3) is 0.312. The number of H-pyrrole nitrogens is 1. The molecular formula is C16H18ClN5O. The zero-order chi connectivity index (χ0) is 16.4. The van der Waals surface area contributed by atoms with Crippen molar-refractivity contribution in [3.8, 4) is 0 Å². The van der Waals surface area contributed by atoms with Gasteiger partial charge < -0.3 is 4.98 Å². The number of anilines is 1. The molecule has 1 aromatic carbocycles. The molecule has 3 aromatic rings. The lowest BCUT2D eigenvalue weighted by atomic mass is 10.2. The van der Waals surface area contributed by atoms with Crippen LogP contribution >= 0.6 is 11.6 Å². The van der Waals surface area contributed by atoms with Crippen molar-refractivity contribution in [2.75, 3.05) is 5.32 Å². The van der Waals surface area contributed by atoms with E-state index in [1.807, 2.05) is 24.3 Å². The second-order valence-electron chi connectivity index (χ2n) is 5.38. The number of aryl methyl sites for hydroxylation is 2. The van der Waals surface area contributed by atoms with Crippen molar-refractivity contribution in [1.82, 2.24) is 19.7 Å². The van der Waals surface area contributed by atoms with Crippen molar-refractivity contribution in [3.05, 3.63) is 40.7 Å². The number of amides is 1. The summed E-state index contributed by atoms with van der Waals surface area (Å²) in [4.78, 5) is 19.9. The topological polar surface area (TPSA) is 75.6 Å². The van der Waals surface area contributed by atoms with Crippen molar-refractivity contribution in [2.24, 2.45) is 0 Å². The van der Waals surface area contributed by atoms with Crippen LogP contribution in [0.5, 0.6) is 0 Å². The first kappa shape index (κ1) is 15.6. The number of unbranched alkanes of at least 4 members (excludes halogenated alkanes) is 1. The molecule has 0 aliphatic heterocycles. The number of hydrogen-bond donors (Lipinski definition) is 2. The van der Waals surface area contributed by atoms with Gasteiger partial charge in [0.05, 0.1) is 22.3 Å². The summed E-state index contributed by atoms with van der Waals surface area (Å²) >= 11 is 6.31. The van der Waals surface area contributed by atoms with Crippen LogP contribution in [-0.4, -0.2) is 25.7 Å². The predicted molar refractivity (Wildman–Crippen MR) is 90.9 cm³/mol. The highest BCUT2D eigenvalue weighted by atomic mass is 35.5. The number of imidazole rings is 1. The summed E-state index contributed by atoms with van der Waals surface area (Å²) in [5.74, 6) is 0.0854. The van der Waals surface area contributed by atoms with E-state index in [4.69, 9.17) is 11.6 Å². The maximum atomic E-state index is 12.5. The number of halogens is 1. The Kier molecular flexibility index (Phi) is 4.34. The number of fused-ring (bicyclic) bond motifs is 1. The molecule has 0 atom stereocenters. The molecule has 2 N–H and O–H groups in total. The van der Waals surface area contributed by atoms with E-state index in [0.29, 0.717) is 28.9 Å². The molecule has 0 aliphatic rings. The molecule has 0 radical (unpaired) electrons. The van der Waals surface area contributed by atoms with Gasteiger partial charge in [0.25, 0.3) is 5.91 Å². The summed E-state index contributed by atoms with van der Waals surface area (Å²) in [6.45, 7) is 4.58. The van der Waals surface area contributed by atoms with Gasteiger partial charge in [0.15, 0.2) is 0 Å². The lowest BCUT2D eigenvalue weighted by Gasteiger charge is -2.03. The average Bonchev–Trinajstić information content (AvgIpc) is 3.05. The van der Waals surface area contributed by atoms with Crippen molar-refractivity contribution in [3.63, 3.8) is 0 Å². The predicted octanol–water partition coefficient (Wildman–Crippen LogP) is 3.77. The van der Waals surface area contributed by atoms with Gasteiger partial charge in [0.1, 0.15) is 5.15 Å². The number of nitrogens with one attached hydrogen (secondary N) is 2. The van der Waals surface area contributed by atoms with E-state index >= 15 is 0 Å². The first-order valence-corrected chi connectivity index (χ1v) is 7.97. The van der Waals surface area contributed by atoms with Gasteiger partial charge in [0, 0.05) is 6.54 Å². The van der Waals surface area contributed by atoms with Crippen LogP contribution in [0.15, 0.2) is 24.3 Å². The van der Waals surface area contributed by atoms with E-state index < -0.39 is 0 Å². The lowest BCUT2D eigenvalue weighted by molar-refractivity contribution is 0.102. The van der Waals surface area contributed by atoms with Gasteiger partial charge in [0.2, 0.25) is 5.95 Å². The molecule has 1 amide bonds. The molecule has 2 heterocycles. The van der Waals surface area contributed by atoms with Crippen molar-refractivity contribution in [2.45, 2.75) is 33.2 Å². The van der Waals surface area contributed by atoms with Crippen LogP contribution in [0.4, 0.5) is 5.95 Å². The van der Waals surface area contributed by atoms with E-state index in [1.165, 1.54) is 0 Å². The largest absolute Gasteiger partial charge is 0.324 e. The highest BCUT2D eigenvalue weighted by Crippen LogP contribution is 2.22. The summed E-state index contributed by atoms with van der Waals surface area (Å²) in [6.07, 6.45) is 2.00. The fourth-order valence-electron chi connectivity index (χ4n) is 2.45. The van der Waals surface area contributed by atoms with Crippen LogP contribution in [0.2, 0.25) is 5.15 Å². The van der Waals surface area contributed by atoms with E-state index in [9.17, 15) is 4.79 Å². The Morgan fingerprint density at radius 1 is 1.39 bits per heavy atom. The number of para-hydroxylation sites is 2. The molecular weight excluding hydrogens is 314 g/mol. The second kappa shape index (κ2) is 6.42. The number of nitrogens with zero attached hydrogens (tertiary/aromatic N) is 3. The zero-order valence-electron chi connectivity index (χ0n) is 13.1. The van der Waals surface area contributed by atoms with E-state index in [0.717, 1.165) is 23.9 Å². The van der Waals surface area contributed by atoms with Crippen LogP contribution in [0.1, 0.15) is 35.8 Å². The van der Waals surface area contributed by atoms with Gasteiger partial charge in [-0.3, -0.25) is 14.8 Å². The van der Waals surface area contributed by atoms with Gasteiger partial charge in [-0.2, -0.15) is 5.10 Å². The van der Waals surface area contributed by atoms with E-state index in [1.54, 1.807) is 11.6 Å². The smallest absolute Gasteiger partial charge is 0.263 e. The third-order valence-corrected chi connectivity index (χ3v) is 4.02. The molecule has 3 rings (SSSR count). The van der Waals surface area contributed by atoms with E-state index in [-0.39, 0.29) is 5.91 Å². The first-order chi connectivity index (χ1) is 11.1. The maximum Gasteiger partial charge on any atom is 0.263 e. The van der Waals surface area contributed by atoms with Crippen LogP contribution in [0, 0.1) is 6.92 Å². The maximum absolute atomic E-state index is 12.5. The Morgan fingerprint density at radius 3 is 2.91 bits per heavy atom. The molecule has 6 nitrogen and oxygen atoms in total. The highest BCUT2D eigenvalue weighted by Gasteiger charge is 2.21. The zero-order valence-corrected chi connectivity index (χ0v) is 13.8. The van der Waals surface area contributed by atoms with E-state index in [2.05, 4.69) is 27.3 Å². The number of rotatable bonds is 5. The average molecular weight is 332 g/mol. The Labute approximate surface area is 138 Å². The normalized spacial score (nSPS) is 11.1. The molecule has 0 saturated carbocycles. The Hall–Kier alpha value is -2.34. The van der Waals surface area contributed by atoms with Crippen molar-refractivity contribution >= 4 is 34.5 Å². The minimum atomic E-state index is -0.311. The number of aromatic nitrogens is 4. The van der Waals surface area contributed by atoms with Crippen molar-refractivity contribution < 1.29 is 4.79 Å². The minimum absolute atomic E-state index is 0.311. The fourth-order valence-corrected chi connectivity index (χ4v) is 2.79. The van der Waals surface area contributed by atoms with Crippen molar-refractivity contribution in [1.29, 1.82) is 0 Å². The van der Waals surface area contributed by atoms with Gasteiger partial charge >= 0.3 is 0 Å². The number of carbonyl (C=O) groups is 1. The molecule has 0 spiro atoms. The summed E-state index contributed by atoms with van der Waals surface area (Å²) in [5, 5.41) is 7.47. The van der Waals surface area contributed by atoms with Gasteiger partial charge in [-0.1, -0.05) is 37.1 Å². The standard InChI is InChI=1S/C16H18ClN5O/c1-3-4-9-22-14(17)13(10(2)21-22)15(23)20-16-18-11-7-5-6-8-12(11)19-16/h5-8H,3-4,9H2,1-2H3,(H2,18,19,20,23). The van der Waals surface area contributed by atoms with Gasteiger partial charge in [-0.15, -0.1) is 0 Å². The van der Waals surface area contributed by atoms with Crippen LogP contribution < -0.4 is 5.32 Å².